The Morgan fingerprint density at radius 2 is 1.68 bits per heavy atom. The lowest BCUT2D eigenvalue weighted by molar-refractivity contribution is 0.514. The average Bonchev–Trinajstić information content (AvgIpc) is 2.80. The van der Waals surface area contributed by atoms with Gasteiger partial charge >= 0.3 is 0 Å². The van der Waals surface area contributed by atoms with Crippen molar-refractivity contribution in [2.45, 2.75) is 0 Å². The van der Waals surface area contributed by atoms with Crippen LogP contribution in [0.15, 0.2) is 40.8 Å². The van der Waals surface area contributed by atoms with Gasteiger partial charge in [0.2, 0.25) is 0 Å². The molecule has 0 aliphatic carbocycles. The van der Waals surface area contributed by atoms with Crippen molar-refractivity contribution >= 4 is 22.8 Å². The molecule has 0 saturated heterocycles. The Morgan fingerprint density at radius 1 is 0.947 bits per heavy atom. The number of nitrogens with one attached hydrogen (secondary N) is 1. The zero-order chi connectivity index (χ0) is 13.4. The van der Waals surface area contributed by atoms with Crippen molar-refractivity contribution in [2.75, 3.05) is 5.32 Å². The van der Waals surface area contributed by atoms with Crippen molar-refractivity contribution in [2.24, 2.45) is 0 Å². The molecule has 1 aromatic heterocycles. The van der Waals surface area contributed by atoms with Gasteiger partial charge in [0.05, 0.1) is 0 Å². The van der Waals surface area contributed by atoms with E-state index in [0.29, 0.717) is 5.69 Å². The SMILES string of the molecule is Fc1ccc(Nc2nc3c(F)c(F)ccc3o2)cc1. The fourth-order valence-electron chi connectivity index (χ4n) is 1.65. The number of rotatable bonds is 2. The number of nitrogens with zero attached hydrogens (tertiary/aromatic N) is 1. The molecular formula is C13H7F3N2O. The summed E-state index contributed by atoms with van der Waals surface area (Å²) in [6.45, 7) is 0. The van der Waals surface area contributed by atoms with Crippen molar-refractivity contribution in [1.29, 1.82) is 0 Å². The molecule has 3 rings (SSSR count). The average molecular weight is 264 g/mol. The fourth-order valence-corrected chi connectivity index (χ4v) is 1.65. The summed E-state index contributed by atoms with van der Waals surface area (Å²) < 4.78 is 44.4. The Morgan fingerprint density at radius 3 is 2.42 bits per heavy atom. The molecule has 0 aliphatic rings. The Kier molecular flexibility index (Phi) is 2.63. The van der Waals surface area contributed by atoms with Crippen molar-refractivity contribution in [3.8, 4) is 0 Å². The number of halogens is 3. The summed E-state index contributed by atoms with van der Waals surface area (Å²) >= 11 is 0. The van der Waals surface area contributed by atoms with Gasteiger partial charge in [-0.3, -0.25) is 0 Å². The lowest BCUT2D eigenvalue weighted by Crippen LogP contribution is -1.90. The first-order valence-electron chi connectivity index (χ1n) is 5.40. The molecule has 6 heteroatoms. The number of fused-ring (bicyclic) bond motifs is 1. The standard InChI is InChI=1S/C13H7F3N2O/c14-7-1-3-8(4-2-7)17-13-18-12-10(19-13)6-5-9(15)11(12)16/h1-6H,(H,17,18). The van der Waals surface area contributed by atoms with E-state index in [2.05, 4.69) is 10.3 Å². The van der Waals surface area contributed by atoms with Gasteiger partial charge in [-0.05, 0) is 36.4 Å². The molecule has 0 atom stereocenters. The summed E-state index contributed by atoms with van der Waals surface area (Å²) in [6, 6.07) is 7.71. The third kappa shape index (κ3) is 2.12. The minimum Gasteiger partial charge on any atom is -0.423 e. The Labute approximate surface area is 105 Å². The maximum atomic E-state index is 13.4. The van der Waals surface area contributed by atoms with Gasteiger partial charge in [-0.1, -0.05) is 0 Å². The third-order valence-corrected chi connectivity index (χ3v) is 2.55. The van der Waals surface area contributed by atoms with Crippen LogP contribution in [0.2, 0.25) is 0 Å². The molecule has 3 nitrogen and oxygen atoms in total. The number of aromatic nitrogens is 1. The van der Waals surface area contributed by atoms with Gasteiger partial charge in [0.1, 0.15) is 5.82 Å². The molecule has 96 valence electrons. The minimum atomic E-state index is -1.06. The number of anilines is 2. The second-order valence-corrected chi connectivity index (χ2v) is 3.86. The molecule has 0 fully saturated rings. The summed E-state index contributed by atoms with van der Waals surface area (Å²) in [5.74, 6) is -2.43. The molecule has 0 bridgehead atoms. The number of benzene rings is 2. The van der Waals surface area contributed by atoms with Crippen LogP contribution < -0.4 is 5.32 Å². The lowest BCUT2D eigenvalue weighted by atomic mass is 10.3. The minimum absolute atomic E-state index is 0.00566. The van der Waals surface area contributed by atoms with Crippen LogP contribution in [-0.2, 0) is 0 Å². The van der Waals surface area contributed by atoms with Crippen LogP contribution in [0.1, 0.15) is 0 Å². The maximum absolute atomic E-state index is 13.4. The molecule has 3 aromatic rings. The highest BCUT2D eigenvalue weighted by molar-refractivity contribution is 5.76. The summed E-state index contributed by atoms with van der Waals surface area (Å²) in [5.41, 5.74) is 0.460. The molecule has 0 spiro atoms. The van der Waals surface area contributed by atoms with E-state index >= 15 is 0 Å². The van der Waals surface area contributed by atoms with E-state index in [9.17, 15) is 13.2 Å². The molecule has 0 aliphatic heterocycles. The van der Waals surface area contributed by atoms with Gasteiger partial charge in [0, 0.05) is 5.69 Å². The summed E-state index contributed by atoms with van der Waals surface area (Å²) in [5, 5.41) is 2.73. The van der Waals surface area contributed by atoms with Gasteiger partial charge < -0.3 is 9.73 Å². The largest absolute Gasteiger partial charge is 0.423 e. The molecule has 0 radical (unpaired) electrons. The summed E-state index contributed by atoms with van der Waals surface area (Å²) in [7, 11) is 0. The Bertz CT molecular complexity index is 737. The highest BCUT2D eigenvalue weighted by Gasteiger charge is 2.13. The first-order chi connectivity index (χ1) is 9.13. The normalized spacial score (nSPS) is 10.9. The first-order valence-corrected chi connectivity index (χ1v) is 5.40. The van der Waals surface area contributed by atoms with Crippen molar-refractivity contribution < 1.29 is 17.6 Å². The lowest BCUT2D eigenvalue weighted by Gasteiger charge is -1.99. The van der Waals surface area contributed by atoms with Gasteiger partial charge in [-0.15, -0.1) is 0 Å². The molecule has 0 unspecified atom stereocenters. The molecule has 1 N–H and O–H groups in total. The van der Waals surface area contributed by atoms with Gasteiger partial charge in [-0.2, -0.15) is 4.98 Å². The molecule has 0 amide bonds. The quantitative estimate of drug-likeness (QED) is 0.760. The molecular weight excluding hydrogens is 257 g/mol. The van der Waals surface area contributed by atoms with E-state index in [-0.39, 0.29) is 22.9 Å². The van der Waals surface area contributed by atoms with E-state index in [4.69, 9.17) is 4.42 Å². The Hall–Kier alpha value is -2.50. The van der Waals surface area contributed by atoms with E-state index in [0.717, 1.165) is 6.07 Å². The summed E-state index contributed by atoms with van der Waals surface area (Å²) in [6.07, 6.45) is 0. The van der Waals surface area contributed by atoms with Crippen molar-refractivity contribution in [3.05, 3.63) is 53.8 Å². The third-order valence-electron chi connectivity index (χ3n) is 2.55. The van der Waals surface area contributed by atoms with Crippen LogP contribution >= 0.6 is 0 Å². The fraction of sp³-hybridized carbons (Fsp3) is 0. The summed E-state index contributed by atoms with van der Waals surface area (Å²) in [4.78, 5) is 3.80. The number of oxazole rings is 1. The van der Waals surface area contributed by atoms with Gasteiger partial charge in [0.25, 0.3) is 6.01 Å². The maximum Gasteiger partial charge on any atom is 0.300 e. The van der Waals surface area contributed by atoms with E-state index in [1.807, 2.05) is 0 Å². The van der Waals surface area contributed by atoms with Crippen LogP contribution in [0.25, 0.3) is 11.1 Å². The molecule has 1 heterocycles. The van der Waals surface area contributed by atoms with Crippen molar-refractivity contribution in [1.82, 2.24) is 4.98 Å². The molecule has 19 heavy (non-hydrogen) atoms. The van der Waals surface area contributed by atoms with Gasteiger partial charge in [-0.25, -0.2) is 13.2 Å². The highest BCUT2D eigenvalue weighted by atomic mass is 19.2. The predicted octanol–water partition coefficient (Wildman–Crippen LogP) is 3.99. The monoisotopic (exact) mass is 264 g/mol. The van der Waals surface area contributed by atoms with E-state index < -0.39 is 11.6 Å². The van der Waals surface area contributed by atoms with Crippen LogP contribution in [0.4, 0.5) is 24.9 Å². The van der Waals surface area contributed by atoms with Crippen LogP contribution in [-0.4, -0.2) is 4.98 Å². The van der Waals surface area contributed by atoms with Crippen molar-refractivity contribution in [3.63, 3.8) is 0 Å². The predicted molar refractivity (Wildman–Crippen MR) is 63.6 cm³/mol. The van der Waals surface area contributed by atoms with Crippen LogP contribution in [0, 0.1) is 17.5 Å². The highest BCUT2D eigenvalue weighted by Crippen LogP contribution is 2.25. The number of hydrogen-bond donors (Lipinski definition) is 1. The zero-order valence-corrected chi connectivity index (χ0v) is 9.45. The molecule has 0 saturated carbocycles. The Balaban J connectivity index is 1.97. The second-order valence-electron chi connectivity index (χ2n) is 3.86. The van der Waals surface area contributed by atoms with Crippen LogP contribution in [0.5, 0.6) is 0 Å². The smallest absolute Gasteiger partial charge is 0.300 e. The first kappa shape index (κ1) is 11.6. The topological polar surface area (TPSA) is 38.1 Å². The number of hydrogen-bond acceptors (Lipinski definition) is 3. The van der Waals surface area contributed by atoms with E-state index in [1.165, 1.54) is 30.3 Å². The molecule has 2 aromatic carbocycles. The van der Waals surface area contributed by atoms with Gasteiger partial charge in [0.15, 0.2) is 22.7 Å². The zero-order valence-electron chi connectivity index (χ0n) is 9.45. The van der Waals surface area contributed by atoms with Crippen LogP contribution in [0.3, 0.4) is 0 Å². The van der Waals surface area contributed by atoms with E-state index in [1.54, 1.807) is 0 Å². The second kappa shape index (κ2) is 4.31.